The standard InChI is InChI=1S/C29H25F7O/c1-2-17-3-5-18(6-4-17)19-7-9-20(10-8-19)23-12-11-21(26(32)27(23)33)13-14-29(35,36)37-22-15-24(30)28(34)25(31)16-22/h2,7-12,15-18H,1,3-6,13-14H2. The van der Waals surface area contributed by atoms with Crippen molar-refractivity contribution in [2.24, 2.45) is 5.92 Å². The Morgan fingerprint density at radius 2 is 1.43 bits per heavy atom. The molecule has 4 rings (SSSR count). The van der Waals surface area contributed by atoms with E-state index in [0.717, 1.165) is 31.2 Å². The van der Waals surface area contributed by atoms with Crippen LogP contribution in [0.15, 0.2) is 61.2 Å². The zero-order valence-electron chi connectivity index (χ0n) is 19.9. The summed E-state index contributed by atoms with van der Waals surface area (Å²) in [6, 6.07) is 10.3. The number of benzene rings is 3. The third-order valence-electron chi connectivity index (χ3n) is 6.87. The van der Waals surface area contributed by atoms with E-state index in [9.17, 15) is 30.7 Å². The fourth-order valence-electron chi connectivity index (χ4n) is 4.72. The smallest absolute Gasteiger partial charge is 0.398 e. The summed E-state index contributed by atoms with van der Waals surface area (Å²) in [6.45, 7) is 3.85. The lowest BCUT2D eigenvalue weighted by Gasteiger charge is -2.27. The van der Waals surface area contributed by atoms with Gasteiger partial charge in [0.1, 0.15) is 5.75 Å². The van der Waals surface area contributed by atoms with Crippen molar-refractivity contribution < 1.29 is 35.5 Å². The molecule has 0 aromatic heterocycles. The van der Waals surface area contributed by atoms with Gasteiger partial charge in [-0.25, -0.2) is 22.0 Å². The normalized spacial score (nSPS) is 18.0. The van der Waals surface area contributed by atoms with Gasteiger partial charge in [-0.1, -0.05) is 42.5 Å². The van der Waals surface area contributed by atoms with Gasteiger partial charge in [-0.3, -0.25) is 0 Å². The Kier molecular flexibility index (Phi) is 7.95. The van der Waals surface area contributed by atoms with Crippen molar-refractivity contribution >= 4 is 0 Å². The van der Waals surface area contributed by atoms with Crippen LogP contribution in [-0.4, -0.2) is 6.11 Å². The number of hydrogen-bond donors (Lipinski definition) is 0. The summed E-state index contributed by atoms with van der Waals surface area (Å²) in [5.74, 6) is -7.63. The van der Waals surface area contributed by atoms with Crippen LogP contribution in [0.25, 0.3) is 11.1 Å². The number of alkyl halides is 2. The molecule has 1 aliphatic rings. The van der Waals surface area contributed by atoms with Gasteiger partial charge in [0, 0.05) is 17.7 Å². The first-order chi connectivity index (χ1) is 17.6. The third kappa shape index (κ3) is 6.17. The minimum atomic E-state index is -3.97. The van der Waals surface area contributed by atoms with Gasteiger partial charge in [0.15, 0.2) is 29.1 Å². The maximum atomic E-state index is 14.9. The molecule has 1 nitrogen and oxygen atoms in total. The molecule has 0 heterocycles. The lowest BCUT2D eigenvalue weighted by Crippen LogP contribution is -2.26. The van der Waals surface area contributed by atoms with Crippen LogP contribution in [0.5, 0.6) is 5.75 Å². The Bertz CT molecular complexity index is 1240. The first kappa shape index (κ1) is 26.8. The molecule has 3 aromatic rings. The van der Waals surface area contributed by atoms with E-state index in [1.807, 2.05) is 18.2 Å². The fourth-order valence-corrected chi connectivity index (χ4v) is 4.72. The second-order valence-electron chi connectivity index (χ2n) is 9.31. The summed E-state index contributed by atoms with van der Waals surface area (Å²) < 4.78 is 102. The average Bonchev–Trinajstić information content (AvgIpc) is 2.88. The summed E-state index contributed by atoms with van der Waals surface area (Å²) in [6.07, 6.45) is 0.500. The molecule has 1 fully saturated rings. The Hall–Kier alpha value is -3.29. The van der Waals surface area contributed by atoms with Crippen LogP contribution in [0, 0.1) is 35.0 Å². The average molecular weight is 523 g/mol. The van der Waals surface area contributed by atoms with Gasteiger partial charge in [0.25, 0.3) is 0 Å². The van der Waals surface area contributed by atoms with Crippen molar-refractivity contribution in [2.45, 2.75) is 50.6 Å². The van der Waals surface area contributed by atoms with Crippen molar-refractivity contribution in [3.05, 3.63) is 101 Å². The van der Waals surface area contributed by atoms with Crippen LogP contribution < -0.4 is 4.74 Å². The van der Waals surface area contributed by atoms with Crippen LogP contribution in [0.3, 0.4) is 0 Å². The lowest BCUT2D eigenvalue weighted by atomic mass is 9.78. The van der Waals surface area contributed by atoms with E-state index in [1.54, 1.807) is 12.1 Å². The predicted molar refractivity (Wildman–Crippen MR) is 127 cm³/mol. The molecule has 196 valence electrons. The van der Waals surface area contributed by atoms with Crippen LogP contribution >= 0.6 is 0 Å². The lowest BCUT2D eigenvalue weighted by molar-refractivity contribution is -0.180. The molecule has 1 aliphatic carbocycles. The SMILES string of the molecule is C=CC1CCC(c2ccc(-c3ccc(CCC(F)(F)Oc4cc(F)c(F)c(F)c4)c(F)c3F)cc2)CC1. The van der Waals surface area contributed by atoms with E-state index < -0.39 is 53.8 Å². The van der Waals surface area contributed by atoms with E-state index in [4.69, 9.17) is 0 Å². The number of ether oxygens (including phenoxy) is 1. The fraction of sp³-hybridized carbons (Fsp3) is 0.310. The molecule has 0 bridgehead atoms. The highest BCUT2D eigenvalue weighted by atomic mass is 19.3. The van der Waals surface area contributed by atoms with Crippen LogP contribution in [0.2, 0.25) is 0 Å². The van der Waals surface area contributed by atoms with E-state index in [-0.39, 0.29) is 23.3 Å². The summed E-state index contributed by atoms with van der Waals surface area (Å²) in [5.41, 5.74) is 1.28. The second kappa shape index (κ2) is 11.0. The highest BCUT2D eigenvalue weighted by Gasteiger charge is 2.33. The topological polar surface area (TPSA) is 9.23 Å². The number of aryl methyl sites for hydroxylation is 1. The van der Waals surface area contributed by atoms with Crippen molar-refractivity contribution in [3.8, 4) is 16.9 Å². The highest BCUT2D eigenvalue weighted by Crippen LogP contribution is 2.37. The molecule has 0 amide bonds. The molecule has 0 aliphatic heterocycles. The quantitative estimate of drug-likeness (QED) is 0.163. The molecule has 37 heavy (non-hydrogen) atoms. The van der Waals surface area contributed by atoms with Gasteiger partial charge in [0.05, 0.1) is 6.42 Å². The zero-order valence-corrected chi connectivity index (χ0v) is 19.9. The Labute approximate surface area is 210 Å². The van der Waals surface area contributed by atoms with E-state index in [2.05, 4.69) is 11.3 Å². The number of halogens is 7. The van der Waals surface area contributed by atoms with Gasteiger partial charge < -0.3 is 4.74 Å². The molecule has 8 heteroatoms. The largest absolute Gasteiger partial charge is 0.432 e. The molecule has 0 atom stereocenters. The second-order valence-corrected chi connectivity index (χ2v) is 9.31. The molecule has 0 radical (unpaired) electrons. The Balaban J connectivity index is 1.43. The Morgan fingerprint density at radius 3 is 2.03 bits per heavy atom. The van der Waals surface area contributed by atoms with Gasteiger partial charge in [-0.05, 0) is 60.6 Å². The van der Waals surface area contributed by atoms with E-state index in [1.165, 1.54) is 12.1 Å². The molecular formula is C29H25F7O. The number of rotatable bonds is 8. The van der Waals surface area contributed by atoms with Gasteiger partial charge >= 0.3 is 6.11 Å². The zero-order chi connectivity index (χ0) is 26.7. The molecule has 0 unspecified atom stereocenters. The summed E-state index contributed by atoms with van der Waals surface area (Å²) >= 11 is 0. The van der Waals surface area contributed by atoms with Crippen LogP contribution in [0.4, 0.5) is 30.7 Å². The van der Waals surface area contributed by atoms with Gasteiger partial charge in [-0.15, -0.1) is 6.58 Å². The minimum absolute atomic E-state index is 0.00318. The monoisotopic (exact) mass is 522 g/mol. The predicted octanol–water partition coefficient (Wildman–Crippen LogP) is 9.11. The molecule has 1 saturated carbocycles. The maximum Gasteiger partial charge on any atom is 0.398 e. The number of allylic oxidation sites excluding steroid dienone is 1. The van der Waals surface area contributed by atoms with Crippen molar-refractivity contribution in [2.75, 3.05) is 0 Å². The molecular weight excluding hydrogens is 497 g/mol. The molecule has 0 N–H and O–H groups in total. The molecule has 0 spiro atoms. The minimum Gasteiger partial charge on any atom is -0.432 e. The highest BCUT2D eigenvalue weighted by molar-refractivity contribution is 5.65. The third-order valence-corrected chi connectivity index (χ3v) is 6.87. The van der Waals surface area contributed by atoms with Crippen molar-refractivity contribution in [1.82, 2.24) is 0 Å². The molecule has 3 aromatic carbocycles. The summed E-state index contributed by atoms with van der Waals surface area (Å²) in [5, 5.41) is 0. The molecule has 0 saturated heterocycles. The first-order valence-electron chi connectivity index (χ1n) is 12.0. The van der Waals surface area contributed by atoms with E-state index >= 15 is 0 Å². The van der Waals surface area contributed by atoms with Gasteiger partial charge in [0.2, 0.25) is 0 Å². The first-order valence-corrected chi connectivity index (χ1v) is 12.0. The Morgan fingerprint density at radius 1 is 0.811 bits per heavy atom. The van der Waals surface area contributed by atoms with Crippen molar-refractivity contribution in [1.29, 1.82) is 0 Å². The number of hydrogen-bond acceptors (Lipinski definition) is 1. The van der Waals surface area contributed by atoms with Crippen LogP contribution in [-0.2, 0) is 6.42 Å². The van der Waals surface area contributed by atoms with Crippen molar-refractivity contribution in [3.63, 3.8) is 0 Å². The van der Waals surface area contributed by atoms with Gasteiger partial charge in [-0.2, -0.15) is 8.78 Å². The van der Waals surface area contributed by atoms with Crippen LogP contribution in [0.1, 0.15) is 49.1 Å². The summed E-state index contributed by atoms with van der Waals surface area (Å²) in [4.78, 5) is 0. The summed E-state index contributed by atoms with van der Waals surface area (Å²) in [7, 11) is 0. The van der Waals surface area contributed by atoms with E-state index in [0.29, 0.717) is 17.4 Å². The maximum absolute atomic E-state index is 14.9.